The van der Waals surface area contributed by atoms with Crippen LogP contribution >= 0.6 is 27.3 Å². The molecule has 0 saturated carbocycles. The normalized spacial score (nSPS) is 16.5. The molecule has 0 radical (unpaired) electrons. The number of hydrogen-bond donors (Lipinski definition) is 0. The summed E-state index contributed by atoms with van der Waals surface area (Å²) in [5.41, 5.74) is 0.578. The van der Waals surface area contributed by atoms with Crippen LogP contribution in [0.25, 0.3) is 5.69 Å². The number of thiophene rings is 1. The van der Waals surface area contributed by atoms with Crippen LogP contribution in [-0.2, 0) is 17.1 Å². The van der Waals surface area contributed by atoms with Crippen LogP contribution in [0.3, 0.4) is 0 Å². The molecule has 1 saturated heterocycles. The van der Waals surface area contributed by atoms with Crippen molar-refractivity contribution in [1.82, 2.24) is 18.7 Å². The van der Waals surface area contributed by atoms with Gasteiger partial charge in [-0.15, -0.1) is 11.3 Å². The van der Waals surface area contributed by atoms with Crippen molar-refractivity contribution in [2.24, 2.45) is 7.05 Å². The molecule has 1 aliphatic heterocycles. The molecule has 7 nitrogen and oxygen atoms in total. The topological polar surface area (TPSA) is 77.2 Å². The van der Waals surface area contributed by atoms with Gasteiger partial charge in [0.1, 0.15) is 10.0 Å². The maximum atomic E-state index is 12.8. The molecule has 2 aromatic heterocycles. The van der Waals surface area contributed by atoms with E-state index in [0.29, 0.717) is 36.0 Å². The fourth-order valence-electron chi connectivity index (χ4n) is 3.49. The van der Waals surface area contributed by atoms with Crippen LogP contribution in [0.4, 0.5) is 0 Å². The number of hydrogen-bond acceptors (Lipinski definition) is 5. The molecule has 1 aromatic carbocycles. The van der Waals surface area contributed by atoms with Gasteiger partial charge in [0.2, 0.25) is 0 Å². The van der Waals surface area contributed by atoms with Crippen LogP contribution in [-0.4, -0.2) is 40.2 Å². The molecule has 3 aromatic rings. The van der Waals surface area contributed by atoms with Gasteiger partial charge in [-0.25, -0.2) is 22.5 Å². The van der Waals surface area contributed by atoms with E-state index in [2.05, 4.69) is 21.0 Å². The maximum absolute atomic E-state index is 12.8. The van der Waals surface area contributed by atoms with Crippen molar-refractivity contribution in [2.45, 2.75) is 23.0 Å². The fourth-order valence-corrected chi connectivity index (χ4v) is 7.12. The lowest BCUT2D eigenvalue weighted by Gasteiger charge is -2.30. The standard InChI is InChI=1S/C18H19BrN4O3S2/c1-21-18(24)23(14-5-3-2-4-6-14)17(20-21)13-9-11-22(12-10-13)28(25,26)16-8-7-15(19)27-16/h2-8,13H,9-12H2,1H3. The molecular weight excluding hydrogens is 464 g/mol. The second-order valence-corrected chi connectivity index (χ2v) is 11.3. The Hall–Kier alpha value is -1.75. The SMILES string of the molecule is Cn1nc(C2CCN(S(=O)(=O)c3ccc(Br)s3)CC2)n(-c2ccccc2)c1=O. The molecule has 0 aliphatic carbocycles. The van der Waals surface area contributed by atoms with Crippen molar-refractivity contribution in [3.05, 3.63) is 62.6 Å². The van der Waals surface area contributed by atoms with Crippen LogP contribution in [0, 0.1) is 0 Å². The summed E-state index contributed by atoms with van der Waals surface area (Å²) in [7, 11) is -1.85. The third kappa shape index (κ3) is 3.49. The van der Waals surface area contributed by atoms with E-state index in [1.165, 1.54) is 20.3 Å². The van der Waals surface area contributed by atoms with Gasteiger partial charge in [0.05, 0.1) is 9.47 Å². The number of halogens is 1. The highest BCUT2D eigenvalue weighted by molar-refractivity contribution is 9.11. The Labute approximate surface area is 175 Å². The number of sulfonamides is 1. The lowest BCUT2D eigenvalue weighted by Crippen LogP contribution is -2.38. The Balaban J connectivity index is 1.58. The summed E-state index contributed by atoms with van der Waals surface area (Å²) in [5, 5.41) is 4.45. The fraction of sp³-hybridized carbons (Fsp3) is 0.333. The summed E-state index contributed by atoms with van der Waals surface area (Å²) in [6.45, 7) is 0.810. The van der Waals surface area contributed by atoms with E-state index in [4.69, 9.17) is 0 Å². The van der Waals surface area contributed by atoms with Gasteiger partial charge in [-0.2, -0.15) is 9.40 Å². The number of aromatic nitrogens is 3. The first kappa shape index (κ1) is 19.6. The van der Waals surface area contributed by atoms with E-state index < -0.39 is 10.0 Å². The second kappa shape index (κ2) is 7.58. The average molecular weight is 483 g/mol. The van der Waals surface area contributed by atoms with Gasteiger partial charge in [-0.1, -0.05) is 18.2 Å². The minimum atomic E-state index is -3.48. The number of piperidine rings is 1. The smallest absolute Gasteiger partial charge is 0.247 e. The highest BCUT2D eigenvalue weighted by Gasteiger charge is 2.33. The summed E-state index contributed by atoms with van der Waals surface area (Å²) >= 11 is 4.54. The zero-order valence-corrected chi connectivity index (χ0v) is 18.4. The highest BCUT2D eigenvalue weighted by Crippen LogP contribution is 2.33. The van der Waals surface area contributed by atoms with Gasteiger partial charge in [0.25, 0.3) is 10.0 Å². The molecule has 0 atom stereocenters. The van der Waals surface area contributed by atoms with Crippen molar-refractivity contribution in [1.29, 1.82) is 0 Å². The molecule has 28 heavy (non-hydrogen) atoms. The van der Waals surface area contributed by atoms with Crippen molar-refractivity contribution in [2.75, 3.05) is 13.1 Å². The summed E-state index contributed by atoms with van der Waals surface area (Å²) in [4.78, 5) is 12.6. The average Bonchev–Trinajstić information content (AvgIpc) is 3.27. The first-order valence-corrected chi connectivity index (χ1v) is 11.9. The van der Waals surface area contributed by atoms with E-state index in [-0.39, 0.29) is 11.6 Å². The minimum absolute atomic E-state index is 0.0237. The van der Waals surface area contributed by atoms with Crippen LogP contribution in [0.2, 0.25) is 0 Å². The molecule has 3 heterocycles. The Kier molecular flexibility index (Phi) is 5.30. The quantitative estimate of drug-likeness (QED) is 0.572. The minimum Gasteiger partial charge on any atom is -0.247 e. The summed E-state index contributed by atoms with van der Waals surface area (Å²) in [6, 6.07) is 12.8. The lowest BCUT2D eigenvalue weighted by atomic mass is 9.97. The third-order valence-corrected chi connectivity index (χ3v) is 8.92. The molecule has 0 amide bonds. The summed E-state index contributed by atoms with van der Waals surface area (Å²) < 4.78 is 31.3. The third-order valence-electron chi connectivity index (χ3n) is 4.93. The van der Waals surface area contributed by atoms with E-state index in [1.54, 1.807) is 23.7 Å². The molecule has 1 fully saturated rings. The predicted molar refractivity (Wildman–Crippen MR) is 112 cm³/mol. The molecular formula is C18H19BrN4O3S2. The Bertz CT molecular complexity index is 1140. The van der Waals surface area contributed by atoms with Gasteiger partial charge in [0, 0.05) is 26.1 Å². The molecule has 0 unspecified atom stereocenters. The van der Waals surface area contributed by atoms with Gasteiger partial charge >= 0.3 is 5.69 Å². The van der Waals surface area contributed by atoms with Gasteiger partial charge in [0.15, 0.2) is 0 Å². The van der Waals surface area contributed by atoms with E-state index in [1.807, 2.05) is 30.3 Å². The number of benzene rings is 1. The molecule has 0 bridgehead atoms. The number of nitrogens with zero attached hydrogens (tertiary/aromatic N) is 4. The first-order valence-electron chi connectivity index (χ1n) is 8.85. The maximum Gasteiger partial charge on any atom is 0.350 e. The van der Waals surface area contributed by atoms with Crippen LogP contribution in [0.5, 0.6) is 0 Å². The molecule has 148 valence electrons. The van der Waals surface area contributed by atoms with Crippen molar-refractivity contribution in [3.63, 3.8) is 0 Å². The molecule has 10 heteroatoms. The van der Waals surface area contributed by atoms with E-state index >= 15 is 0 Å². The molecule has 4 rings (SSSR count). The summed E-state index contributed by atoms with van der Waals surface area (Å²) in [5.74, 6) is 0.713. The Morgan fingerprint density at radius 3 is 2.39 bits per heavy atom. The summed E-state index contributed by atoms with van der Waals surface area (Å²) in [6.07, 6.45) is 1.24. The highest BCUT2D eigenvalue weighted by atomic mass is 79.9. The van der Waals surface area contributed by atoms with E-state index in [9.17, 15) is 13.2 Å². The van der Waals surface area contributed by atoms with E-state index in [0.717, 1.165) is 9.47 Å². The largest absolute Gasteiger partial charge is 0.350 e. The van der Waals surface area contributed by atoms with Gasteiger partial charge in [-0.05, 0) is 53.0 Å². The molecule has 0 N–H and O–H groups in total. The van der Waals surface area contributed by atoms with Crippen LogP contribution < -0.4 is 5.69 Å². The van der Waals surface area contributed by atoms with Gasteiger partial charge in [-0.3, -0.25) is 0 Å². The van der Waals surface area contributed by atoms with Crippen molar-refractivity contribution >= 4 is 37.3 Å². The van der Waals surface area contributed by atoms with Crippen molar-refractivity contribution in [3.8, 4) is 5.69 Å². The Morgan fingerprint density at radius 1 is 1.11 bits per heavy atom. The predicted octanol–water partition coefficient (Wildman–Crippen LogP) is 2.96. The number of aryl methyl sites for hydroxylation is 1. The number of para-hydroxylation sites is 1. The lowest BCUT2D eigenvalue weighted by molar-refractivity contribution is 0.312. The van der Waals surface area contributed by atoms with Gasteiger partial charge < -0.3 is 0 Å². The second-order valence-electron chi connectivity index (χ2n) is 6.67. The van der Waals surface area contributed by atoms with Crippen LogP contribution in [0.15, 0.2) is 55.3 Å². The monoisotopic (exact) mass is 482 g/mol. The Morgan fingerprint density at radius 2 is 1.79 bits per heavy atom. The first-order chi connectivity index (χ1) is 13.4. The zero-order valence-electron chi connectivity index (χ0n) is 15.2. The zero-order chi connectivity index (χ0) is 19.9. The van der Waals surface area contributed by atoms with Crippen LogP contribution in [0.1, 0.15) is 24.6 Å². The number of rotatable bonds is 4. The molecule has 0 spiro atoms. The van der Waals surface area contributed by atoms with Crippen molar-refractivity contribution < 1.29 is 8.42 Å². The molecule has 1 aliphatic rings.